The van der Waals surface area contributed by atoms with Crippen LogP contribution in [0.3, 0.4) is 0 Å². The molecule has 0 aromatic carbocycles. The van der Waals surface area contributed by atoms with Crippen molar-refractivity contribution in [2.45, 2.75) is 25.4 Å². The first-order chi connectivity index (χ1) is 11.7. The van der Waals surface area contributed by atoms with E-state index in [0.29, 0.717) is 17.6 Å². The van der Waals surface area contributed by atoms with Gasteiger partial charge in [-0.1, -0.05) is 0 Å². The minimum Gasteiger partial charge on any atom is -0.468 e. The number of fused-ring (bicyclic) bond motifs is 4. The molecule has 3 aliphatic heterocycles. The maximum absolute atomic E-state index is 12.8. The lowest BCUT2D eigenvalue weighted by Crippen LogP contribution is -2.47. The van der Waals surface area contributed by atoms with Crippen LogP contribution in [0.5, 0.6) is 5.95 Å². The number of hydrogen-bond acceptors (Lipinski definition) is 6. The Labute approximate surface area is 145 Å². The summed E-state index contributed by atoms with van der Waals surface area (Å²) in [7, 11) is 1.54. The van der Waals surface area contributed by atoms with Crippen molar-refractivity contribution in [1.82, 2.24) is 14.8 Å². The van der Waals surface area contributed by atoms with Gasteiger partial charge in [-0.05, 0) is 24.8 Å². The van der Waals surface area contributed by atoms with Crippen LogP contribution in [0.15, 0.2) is 27.4 Å². The fraction of sp³-hybridized carbons (Fsp3) is 0.529. The molecule has 0 saturated carbocycles. The third-order valence-corrected chi connectivity index (χ3v) is 5.55. The summed E-state index contributed by atoms with van der Waals surface area (Å²) in [5.74, 6) is 1.24. The van der Waals surface area contributed by atoms with Crippen LogP contribution < -0.4 is 4.74 Å². The Hall–Kier alpha value is -1.86. The van der Waals surface area contributed by atoms with Crippen LogP contribution in [0.1, 0.15) is 29.1 Å². The molecule has 2 bridgehead atoms. The number of carbonyl (C=O) groups excluding carboxylic acids is 1. The van der Waals surface area contributed by atoms with E-state index in [4.69, 9.17) is 9.15 Å². The zero-order chi connectivity index (χ0) is 16.5. The van der Waals surface area contributed by atoms with Crippen molar-refractivity contribution in [3.8, 4) is 5.95 Å². The Kier molecular flexibility index (Phi) is 4.28. The normalized spacial score (nSPS) is 24.1. The van der Waals surface area contributed by atoms with Crippen LogP contribution >= 0.6 is 11.3 Å². The van der Waals surface area contributed by atoms with Crippen molar-refractivity contribution in [3.05, 3.63) is 34.5 Å². The van der Waals surface area contributed by atoms with Gasteiger partial charge in [-0.25, -0.2) is 4.98 Å². The van der Waals surface area contributed by atoms with Crippen molar-refractivity contribution in [3.63, 3.8) is 0 Å². The van der Waals surface area contributed by atoms with Gasteiger partial charge >= 0.3 is 0 Å². The summed E-state index contributed by atoms with van der Waals surface area (Å²) >= 11 is 1.63. The van der Waals surface area contributed by atoms with Crippen LogP contribution in [0.4, 0.5) is 0 Å². The van der Waals surface area contributed by atoms with Gasteiger partial charge in [-0.15, -0.1) is 11.3 Å². The standard InChI is InChI=1S/C17H21N3O3S/c1-22-16-5-4-15(23-16)17(21)20-7-12-2-3-14(20)9-19(6-12)8-13-10-24-11-18-13/h4-5,10-12,14H,2-3,6-9H2,1H3. The first kappa shape index (κ1) is 15.7. The first-order valence-electron chi connectivity index (χ1n) is 8.27. The van der Waals surface area contributed by atoms with E-state index in [9.17, 15) is 4.79 Å². The van der Waals surface area contributed by atoms with Crippen molar-refractivity contribution in [2.75, 3.05) is 26.7 Å². The highest BCUT2D eigenvalue weighted by Gasteiger charge is 2.38. The Morgan fingerprint density at radius 3 is 3.04 bits per heavy atom. The molecule has 5 heterocycles. The summed E-state index contributed by atoms with van der Waals surface area (Å²) in [5, 5.41) is 2.10. The molecule has 3 saturated heterocycles. The summed E-state index contributed by atoms with van der Waals surface area (Å²) in [4.78, 5) is 21.7. The van der Waals surface area contributed by atoms with E-state index in [0.717, 1.165) is 38.3 Å². The molecule has 2 atom stereocenters. The van der Waals surface area contributed by atoms with Crippen molar-refractivity contribution in [2.24, 2.45) is 5.92 Å². The molecule has 128 valence electrons. The molecule has 0 spiro atoms. The molecule has 5 rings (SSSR count). The second-order valence-electron chi connectivity index (χ2n) is 6.55. The average molecular weight is 347 g/mol. The van der Waals surface area contributed by atoms with Gasteiger partial charge in [0.05, 0.1) is 18.3 Å². The predicted molar refractivity (Wildman–Crippen MR) is 90.2 cm³/mol. The number of methoxy groups -OCH3 is 1. The molecule has 2 aromatic rings. The quantitative estimate of drug-likeness (QED) is 0.850. The number of hydrogen-bond donors (Lipinski definition) is 0. The largest absolute Gasteiger partial charge is 0.468 e. The van der Waals surface area contributed by atoms with Gasteiger partial charge in [0, 0.05) is 43.7 Å². The maximum atomic E-state index is 12.8. The Morgan fingerprint density at radius 1 is 1.38 bits per heavy atom. The maximum Gasteiger partial charge on any atom is 0.290 e. The monoisotopic (exact) mass is 347 g/mol. The van der Waals surface area contributed by atoms with E-state index >= 15 is 0 Å². The SMILES string of the molecule is COc1ccc(C(=O)N2CC3CCC2CN(Cc2cscn2)C3)o1. The van der Waals surface area contributed by atoms with Gasteiger partial charge in [0.1, 0.15) is 0 Å². The molecule has 3 aliphatic rings. The number of thiazole rings is 1. The minimum absolute atomic E-state index is 0.0245. The van der Waals surface area contributed by atoms with Gasteiger partial charge in [0.15, 0.2) is 5.76 Å². The van der Waals surface area contributed by atoms with E-state index in [2.05, 4.69) is 15.3 Å². The molecule has 24 heavy (non-hydrogen) atoms. The number of ether oxygens (including phenoxy) is 1. The molecule has 2 unspecified atom stereocenters. The lowest BCUT2D eigenvalue weighted by molar-refractivity contribution is 0.0547. The topological polar surface area (TPSA) is 58.8 Å². The summed E-state index contributed by atoms with van der Waals surface area (Å²) < 4.78 is 10.5. The van der Waals surface area contributed by atoms with Gasteiger partial charge in [0.25, 0.3) is 11.9 Å². The molecule has 0 aliphatic carbocycles. The smallest absolute Gasteiger partial charge is 0.290 e. The Morgan fingerprint density at radius 2 is 2.29 bits per heavy atom. The Balaban J connectivity index is 1.49. The van der Waals surface area contributed by atoms with E-state index < -0.39 is 0 Å². The number of nitrogens with zero attached hydrogens (tertiary/aromatic N) is 3. The van der Waals surface area contributed by atoms with Gasteiger partial charge in [-0.2, -0.15) is 0 Å². The van der Waals surface area contributed by atoms with Gasteiger partial charge in [-0.3, -0.25) is 9.69 Å². The minimum atomic E-state index is -0.0245. The number of aromatic nitrogens is 1. The molecule has 6 nitrogen and oxygen atoms in total. The predicted octanol–water partition coefficient (Wildman–Crippen LogP) is 2.48. The molecule has 2 aromatic heterocycles. The van der Waals surface area contributed by atoms with Crippen molar-refractivity contribution >= 4 is 17.2 Å². The molecular formula is C17H21N3O3S. The van der Waals surface area contributed by atoms with Crippen LogP contribution in [0.2, 0.25) is 0 Å². The van der Waals surface area contributed by atoms with Gasteiger partial charge < -0.3 is 14.1 Å². The molecule has 7 heteroatoms. The Bertz CT molecular complexity index is 700. The number of carbonyl (C=O) groups is 1. The van der Waals surface area contributed by atoms with E-state index in [-0.39, 0.29) is 11.9 Å². The molecule has 1 amide bonds. The number of piperidine rings is 1. The summed E-state index contributed by atoms with van der Waals surface area (Å²) in [5.41, 5.74) is 3.00. The molecular weight excluding hydrogens is 326 g/mol. The number of amides is 1. The highest BCUT2D eigenvalue weighted by atomic mass is 32.1. The summed E-state index contributed by atoms with van der Waals surface area (Å²) in [6.45, 7) is 3.60. The summed E-state index contributed by atoms with van der Waals surface area (Å²) in [6.07, 6.45) is 2.24. The third kappa shape index (κ3) is 3.06. The summed E-state index contributed by atoms with van der Waals surface area (Å²) in [6, 6.07) is 3.64. The molecule has 0 N–H and O–H groups in total. The fourth-order valence-electron chi connectivity index (χ4n) is 3.79. The number of furan rings is 1. The van der Waals surface area contributed by atoms with Crippen molar-refractivity contribution in [1.29, 1.82) is 0 Å². The van der Waals surface area contributed by atoms with Crippen LogP contribution in [0, 0.1) is 5.92 Å². The van der Waals surface area contributed by atoms with E-state index in [1.807, 2.05) is 10.4 Å². The lowest BCUT2D eigenvalue weighted by Gasteiger charge is -2.35. The van der Waals surface area contributed by atoms with Crippen LogP contribution in [0.25, 0.3) is 0 Å². The first-order valence-corrected chi connectivity index (χ1v) is 9.21. The van der Waals surface area contributed by atoms with Crippen LogP contribution in [-0.2, 0) is 6.54 Å². The zero-order valence-electron chi connectivity index (χ0n) is 13.7. The van der Waals surface area contributed by atoms with Crippen molar-refractivity contribution < 1.29 is 13.9 Å². The third-order valence-electron chi connectivity index (χ3n) is 4.91. The molecule has 3 fully saturated rings. The lowest BCUT2D eigenvalue weighted by atomic mass is 9.95. The second-order valence-corrected chi connectivity index (χ2v) is 7.27. The second kappa shape index (κ2) is 6.57. The zero-order valence-corrected chi connectivity index (χ0v) is 14.5. The highest BCUT2D eigenvalue weighted by Crippen LogP contribution is 2.30. The molecule has 0 radical (unpaired) electrons. The van der Waals surface area contributed by atoms with Gasteiger partial charge in [0.2, 0.25) is 0 Å². The number of rotatable bonds is 4. The fourth-order valence-corrected chi connectivity index (χ4v) is 4.34. The van der Waals surface area contributed by atoms with E-state index in [1.54, 1.807) is 23.5 Å². The van der Waals surface area contributed by atoms with E-state index in [1.165, 1.54) is 13.5 Å². The average Bonchev–Trinajstić information content (AvgIpc) is 3.20. The van der Waals surface area contributed by atoms with Crippen LogP contribution in [-0.4, -0.2) is 53.5 Å². The highest BCUT2D eigenvalue weighted by molar-refractivity contribution is 7.07.